The van der Waals surface area contributed by atoms with Crippen LogP contribution in [-0.2, 0) is 20.7 Å². The number of aryl methyl sites for hydroxylation is 1. The van der Waals surface area contributed by atoms with Gasteiger partial charge >= 0.3 is 5.97 Å². The van der Waals surface area contributed by atoms with Crippen molar-refractivity contribution < 1.29 is 23.1 Å². The topological polar surface area (TPSA) is 71.2 Å². The number of nitrogens with one attached hydrogen (secondary N) is 2. The molecule has 154 valence electrons. The molecule has 1 atom stereocenters. The van der Waals surface area contributed by atoms with Gasteiger partial charge in [0.1, 0.15) is 17.7 Å². The van der Waals surface area contributed by atoms with Crippen LogP contribution >= 0.6 is 0 Å². The number of amides is 1. The van der Waals surface area contributed by atoms with Crippen LogP contribution in [0.4, 0.5) is 8.78 Å². The zero-order valence-electron chi connectivity index (χ0n) is 16.1. The smallest absolute Gasteiger partial charge is 0.328 e. The van der Waals surface area contributed by atoms with E-state index in [4.69, 9.17) is 4.74 Å². The molecule has 1 amide bonds. The summed E-state index contributed by atoms with van der Waals surface area (Å²) in [6.07, 6.45) is 1.07. The van der Waals surface area contributed by atoms with Crippen molar-refractivity contribution >= 4 is 11.9 Å². The molecular formula is C23H20F2N2O3. The lowest BCUT2D eigenvalue weighted by atomic mass is 10.0. The third-order valence-corrected chi connectivity index (χ3v) is 5.08. The van der Waals surface area contributed by atoms with E-state index in [-0.39, 0.29) is 24.0 Å². The standard InChI is InChI=1S/C23H20F2N2O3/c24-17-6-1-14(2-7-17)20-13-16(22(27-20)15-3-8-18(25)9-4-15)5-10-21(28)26-19-11-12-30-23(19)29/h1-4,6-9,13,19,27H,5,10-12H2,(H,26,28)/t19-/m0/s1. The van der Waals surface area contributed by atoms with Crippen LogP contribution in [0.15, 0.2) is 54.6 Å². The highest BCUT2D eigenvalue weighted by molar-refractivity contribution is 5.85. The number of halogens is 2. The minimum atomic E-state index is -0.588. The largest absolute Gasteiger partial charge is 0.464 e. The fourth-order valence-electron chi connectivity index (χ4n) is 3.50. The molecule has 1 aliphatic heterocycles. The van der Waals surface area contributed by atoms with Crippen LogP contribution in [0, 0.1) is 11.6 Å². The van der Waals surface area contributed by atoms with Gasteiger partial charge in [0.15, 0.2) is 0 Å². The summed E-state index contributed by atoms with van der Waals surface area (Å²) < 4.78 is 31.5. The number of cyclic esters (lactones) is 1. The van der Waals surface area contributed by atoms with E-state index in [1.165, 1.54) is 24.3 Å². The molecule has 1 aliphatic rings. The van der Waals surface area contributed by atoms with E-state index in [0.717, 1.165) is 28.1 Å². The number of H-pyrrole nitrogens is 1. The van der Waals surface area contributed by atoms with Crippen LogP contribution in [0.1, 0.15) is 18.4 Å². The van der Waals surface area contributed by atoms with Crippen LogP contribution in [0.25, 0.3) is 22.5 Å². The number of aromatic amines is 1. The van der Waals surface area contributed by atoms with Gasteiger partial charge in [0.25, 0.3) is 0 Å². The van der Waals surface area contributed by atoms with Crippen LogP contribution in [0.3, 0.4) is 0 Å². The van der Waals surface area contributed by atoms with Crippen molar-refractivity contribution in [1.29, 1.82) is 0 Å². The molecule has 1 aromatic heterocycles. The second kappa shape index (κ2) is 8.49. The number of hydrogen-bond donors (Lipinski definition) is 2. The highest BCUT2D eigenvalue weighted by Gasteiger charge is 2.27. The number of rotatable bonds is 6. The molecule has 30 heavy (non-hydrogen) atoms. The number of benzene rings is 2. The van der Waals surface area contributed by atoms with E-state index in [9.17, 15) is 18.4 Å². The first kappa shape index (κ1) is 19.8. The van der Waals surface area contributed by atoms with E-state index in [1.54, 1.807) is 24.3 Å². The molecule has 2 aromatic carbocycles. The molecule has 4 rings (SSSR count). The van der Waals surface area contributed by atoms with E-state index in [1.807, 2.05) is 6.07 Å². The van der Waals surface area contributed by atoms with Gasteiger partial charge < -0.3 is 15.0 Å². The molecular weight excluding hydrogens is 390 g/mol. The van der Waals surface area contributed by atoms with E-state index in [2.05, 4.69) is 10.3 Å². The molecule has 1 fully saturated rings. The quantitative estimate of drug-likeness (QED) is 0.604. The molecule has 3 aromatic rings. The molecule has 0 bridgehead atoms. The van der Waals surface area contributed by atoms with Gasteiger partial charge in [0.2, 0.25) is 5.91 Å². The van der Waals surface area contributed by atoms with Crippen LogP contribution in [0.2, 0.25) is 0 Å². The van der Waals surface area contributed by atoms with Gasteiger partial charge in [0, 0.05) is 24.2 Å². The van der Waals surface area contributed by atoms with Crippen molar-refractivity contribution in [1.82, 2.24) is 10.3 Å². The average Bonchev–Trinajstić information content (AvgIpc) is 3.34. The lowest BCUT2D eigenvalue weighted by molar-refractivity contribution is -0.141. The van der Waals surface area contributed by atoms with Gasteiger partial charge in [-0.1, -0.05) is 0 Å². The second-order valence-electron chi connectivity index (χ2n) is 7.17. The summed E-state index contributed by atoms with van der Waals surface area (Å²) in [6.45, 7) is 0.317. The van der Waals surface area contributed by atoms with Crippen molar-refractivity contribution in [3.8, 4) is 22.5 Å². The maximum absolute atomic E-state index is 13.4. The minimum absolute atomic E-state index is 0.179. The number of esters is 1. The number of aromatic nitrogens is 1. The monoisotopic (exact) mass is 410 g/mol. The summed E-state index contributed by atoms with van der Waals surface area (Å²) >= 11 is 0. The van der Waals surface area contributed by atoms with Crippen molar-refractivity contribution in [2.45, 2.75) is 25.3 Å². The van der Waals surface area contributed by atoms with Gasteiger partial charge in [-0.05, 0) is 77.7 Å². The Labute approximate surface area is 172 Å². The summed E-state index contributed by atoms with van der Waals surface area (Å²) in [5, 5.41) is 2.70. The Bertz CT molecular complexity index is 1060. The fourth-order valence-corrected chi connectivity index (χ4v) is 3.50. The fraction of sp³-hybridized carbons (Fsp3) is 0.217. The Morgan fingerprint density at radius 3 is 2.27 bits per heavy atom. The van der Waals surface area contributed by atoms with Crippen molar-refractivity contribution in [2.24, 2.45) is 0 Å². The highest BCUT2D eigenvalue weighted by atomic mass is 19.1. The predicted molar refractivity (Wildman–Crippen MR) is 107 cm³/mol. The Morgan fingerprint density at radius 1 is 1.03 bits per heavy atom. The summed E-state index contributed by atoms with van der Waals surface area (Å²) in [5.41, 5.74) is 3.97. The van der Waals surface area contributed by atoms with E-state index in [0.29, 0.717) is 19.4 Å². The molecule has 1 saturated heterocycles. The Hall–Kier alpha value is -3.48. The summed E-state index contributed by atoms with van der Waals surface area (Å²) in [5.74, 6) is -1.32. The highest BCUT2D eigenvalue weighted by Crippen LogP contribution is 2.30. The van der Waals surface area contributed by atoms with Crippen molar-refractivity contribution in [3.63, 3.8) is 0 Å². The maximum atomic E-state index is 13.4. The van der Waals surface area contributed by atoms with Crippen molar-refractivity contribution in [2.75, 3.05) is 6.61 Å². The first-order valence-corrected chi connectivity index (χ1v) is 9.69. The third-order valence-electron chi connectivity index (χ3n) is 5.08. The molecule has 0 saturated carbocycles. The minimum Gasteiger partial charge on any atom is -0.464 e. The predicted octanol–water partition coefficient (Wildman–Crippen LogP) is 3.99. The molecule has 0 spiro atoms. The molecule has 2 N–H and O–H groups in total. The van der Waals surface area contributed by atoms with Gasteiger partial charge in [-0.3, -0.25) is 4.79 Å². The molecule has 0 aliphatic carbocycles. The van der Waals surface area contributed by atoms with Crippen LogP contribution < -0.4 is 5.32 Å². The van der Waals surface area contributed by atoms with Gasteiger partial charge in [0.05, 0.1) is 6.61 Å². The zero-order valence-corrected chi connectivity index (χ0v) is 16.1. The first-order valence-electron chi connectivity index (χ1n) is 9.69. The SMILES string of the molecule is O=C(CCc1cc(-c2ccc(F)cc2)[nH]c1-c1ccc(F)cc1)N[C@H]1CCOC1=O. The summed E-state index contributed by atoms with van der Waals surface area (Å²) in [7, 11) is 0. The Morgan fingerprint density at radius 2 is 1.67 bits per heavy atom. The van der Waals surface area contributed by atoms with E-state index >= 15 is 0 Å². The lowest BCUT2D eigenvalue weighted by Crippen LogP contribution is -2.37. The van der Waals surface area contributed by atoms with E-state index < -0.39 is 12.0 Å². The first-order chi connectivity index (χ1) is 14.5. The van der Waals surface area contributed by atoms with Gasteiger partial charge in [-0.15, -0.1) is 0 Å². The Balaban J connectivity index is 1.56. The van der Waals surface area contributed by atoms with Gasteiger partial charge in [-0.2, -0.15) is 0 Å². The summed E-state index contributed by atoms with van der Waals surface area (Å²) in [6, 6.07) is 13.5. The molecule has 5 nitrogen and oxygen atoms in total. The Kier molecular flexibility index (Phi) is 5.61. The van der Waals surface area contributed by atoms with Crippen LogP contribution in [-0.4, -0.2) is 29.5 Å². The van der Waals surface area contributed by atoms with Gasteiger partial charge in [-0.25, -0.2) is 13.6 Å². The number of hydrogen-bond acceptors (Lipinski definition) is 3. The molecule has 0 unspecified atom stereocenters. The number of carbonyl (C=O) groups is 2. The maximum Gasteiger partial charge on any atom is 0.328 e. The molecule has 0 radical (unpaired) electrons. The second-order valence-corrected chi connectivity index (χ2v) is 7.17. The number of ether oxygens (including phenoxy) is 1. The summed E-state index contributed by atoms with van der Waals surface area (Å²) in [4.78, 5) is 27.1. The van der Waals surface area contributed by atoms with Crippen LogP contribution in [0.5, 0.6) is 0 Å². The third kappa shape index (κ3) is 4.40. The number of carbonyl (C=O) groups excluding carboxylic acids is 2. The molecule has 2 heterocycles. The zero-order chi connectivity index (χ0) is 21.1. The van der Waals surface area contributed by atoms with Crippen molar-refractivity contribution in [3.05, 3.63) is 71.8 Å². The molecule has 7 heteroatoms. The normalized spacial score (nSPS) is 15.8. The average molecular weight is 410 g/mol. The lowest BCUT2D eigenvalue weighted by Gasteiger charge is -2.09.